The minimum Gasteiger partial charge on any atom is -0.396 e. The van der Waals surface area contributed by atoms with Crippen LogP contribution in [-0.2, 0) is 10.0 Å². The molecule has 0 unspecified atom stereocenters. The zero-order valence-corrected chi connectivity index (χ0v) is 13.5. The molecule has 20 heavy (non-hydrogen) atoms. The van der Waals surface area contributed by atoms with Gasteiger partial charge in [-0.1, -0.05) is 31.5 Å². The molecule has 0 aliphatic heterocycles. The summed E-state index contributed by atoms with van der Waals surface area (Å²) in [6, 6.07) is 5.28. The number of hydrogen-bond donors (Lipinski definition) is 2. The van der Waals surface area contributed by atoms with Crippen molar-refractivity contribution in [2.75, 3.05) is 13.2 Å². The molecule has 0 radical (unpaired) electrons. The van der Waals surface area contributed by atoms with Crippen LogP contribution in [0.25, 0.3) is 0 Å². The topological polar surface area (TPSA) is 66.4 Å². The van der Waals surface area contributed by atoms with Crippen LogP contribution in [0.2, 0.25) is 0 Å². The molecule has 1 rings (SSSR count). The third-order valence-electron chi connectivity index (χ3n) is 4.09. The van der Waals surface area contributed by atoms with Crippen molar-refractivity contribution in [2.24, 2.45) is 5.41 Å². The van der Waals surface area contributed by atoms with Gasteiger partial charge in [-0.2, -0.15) is 0 Å². The number of sulfonamides is 1. The SMILES string of the molecule is CCC(CC)(CO)CNS(=O)(=O)c1ccc(C)cc1C. The molecule has 0 aromatic heterocycles. The van der Waals surface area contributed by atoms with E-state index >= 15 is 0 Å². The van der Waals surface area contributed by atoms with Crippen molar-refractivity contribution in [3.63, 3.8) is 0 Å². The molecule has 4 nitrogen and oxygen atoms in total. The van der Waals surface area contributed by atoms with E-state index in [1.54, 1.807) is 19.1 Å². The van der Waals surface area contributed by atoms with Crippen LogP contribution in [-0.4, -0.2) is 26.7 Å². The van der Waals surface area contributed by atoms with E-state index in [0.29, 0.717) is 4.90 Å². The lowest BCUT2D eigenvalue weighted by molar-refractivity contribution is 0.119. The molecule has 0 aliphatic carbocycles. The normalized spacial score (nSPS) is 12.7. The zero-order chi connectivity index (χ0) is 15.4. The minimum atomic E-state index is -3.53. The highest BCUT2D eigenvalue weighted by Gasteiger charge is 2.28. The Balaban J connectivity index is 2.96. The quantitative estimate of drug-likeness (QED) is 0.812. The summed E-state index contributed by atoms with van der Waals surface area (Å²) >= 11 is 0. The van der Waals surface area contributed by atoms with E-state index in [-0.39, 0.29) is 18.6 Å². The molecule has 0 amide bonds. The molecule has 114 valence electrons. The van der Waals surface area contributed by atoms with Gasteiger partial charge in [-0.05, 0) is 38.3 Å². The monoisotopic (exact) mass is 299 g/mol. The van der Waals surface area contributed by atoms with Gasteiger partial charge in [-0.3, -0.25) is 0 Å². The minimum absolute atomic E-state index is 0.0185. The maximum absolute atomic E-state index is 12.4. The van der Waals surface area contributed by atoms with Gasteiger partial charge < -0.3 is 5.11 Å². The molecular weight excluding hydrogens is 274 g/mol. The van der Waals surface area contributed by atoms with Crippen LogP contribution in [0.15, 0.2) is 23.1 Å². The van der Waals surface area contributed by atoms with Gasteiger partial charge in [0.05, 0.1) is 4.90 Å². The molecular formula is C15H25NO3S. The predicted molar refractivity (Wildman–Crippen MR) is 81.2 cm³/mol. The van der Waals surface area contributed by atoms with Gasteiger partial charge in [-0.25, -0.2) is 13.1 Å². The molecule has 0 heterocycles. The van der Waals surface area contributed by atoms with E-state index in [1.807, 2.05) is 26.8 Å². The summed E-state index contributed by atoms with van der Waals surface area (Å²) in [4.78, 5) is 0.308. The lowest BCUT2D eigenvalue weighted by atomic mass is 9.84. The van der Waals surface area contributed by atoms with Gasteiger partial charge in [0, 0.05) is 18.6 Å². The van der Waals surface area contributed by atoms with Crippen molar-refractivity contribution in [1.29, 1.82) is 0 Å². The lowest BCUT2D eigenvalue weighted by Gasteiger charge is -2.29. The van der Waals surface area contributed by atoms with E-state index in [0.717, 1.165) is 24.0 Å². The second-order valence-corrected chi connectivity index (χ2v) is 7.19. The van der Waals surface area contributed by atoms with Gasteiger partial charge in [0.15, 0.2) is 0 Å². The van der Waals surface area contributed by atoms with Gasteiger partial charge in [0.2, 0.25) is 10.0 Å². The first-order chi connectivity index (χ1) is 9.30. The summed E-state index contributed by atoms with van der Waals surface area (Å²) in [5.74, 6) is 0. The third kappa shape index (κ3) is 3.81. The first-order valence-corrected chi connectivity index (χ1v) is 8.46. The highest BCUT2D eigenvalue weighted by atomic mass is 32.2. The van der Waals surface area contributed by atoms with E-state index in [2.05, 4.69) is 4.72 Å². The van der Waals surface area contributed by atoms with Crippen LogP contribution < -0.4 is 4.72 Å². The molecule has 0 spiro atoms. The highest BCUT2D eigenvalue weighted by molar-refractivity contribution is 7.89. The van der Waals surface area contributed by atoms with Gasteiger partial charge in [0.25, 0.3) is 0 Å². The summed E-state index contributed by atoms with van der Waals surface area (Å²) in [6.45, 7) is 7.89. The Morgan fingerprint density at radius 2 is 1.80 bits per heavy atom. The average Bonchev–Trinajstić information content (AvgIpc) is 2.40. The van der Waals surface area contributed by atoms with E-state index in [9.17, 15) is 13.5 Å². The van der Waals surface area contributed by atoms with Crippen molar-refractivity contribution in [3.8, 4) is 0 Å². The zero-order valence-electron chi connectivity index (χ0n) is 12.7. The maximum Gasteiger partial charge on any atom is 0.240 e. The first kappa shape index (κ1) is 17.1. The Morgan fingerprint density at radius 1 is 1.20 bits per heavy atom. The van der Waals surface area contributed by atoms with Crippen LogP contribution in [0.1, 0.15) is 37.8 Å². The van der Waals surface area contributed by atoms with E-state index < -0.39 is 10.0 Å². The number of aliphatic hydroxyl groups excluding tert-OH is 1. The van der Waals surface area contributed by atoms with E-state index in [1.165, 1.54) is 0 Å². The molecule has 5 heteroatoms. The maximum atomic E-state index is 12.4. The molecule has 0 fully saturated rings. The fourth-order valence-electron chi connectivity index (χ4n) is 2.21. The highest BCUT2D eigenvalue weighted by Crippen LogP contribution is 2.25. The fraction of sp³-hybridized carbons (Fsp3) is 0.600. The van der Waals surface area contributed by atoms with Crippen molar-refractivity contribution in [1.82, 2.24) is 4.72 Å². The molecule has 0 saturated carbocycles. The second-order valence-electron chi connectivity index (χ2n) is 5.46. The molecule has 0 aliphatic rings. The molecule has 0 bridgehead atoms. The summed E-state index contributed by atoms with van der Waals surface area (Å²) in [5, 5.41) is 9.50. The number of hydrogen-bond acceptors (Lipinski definition) is 3. The molecule has 0 saturated heterocycles. The van der Waals surface area contributed by atoms with Crippen molar-refractivity contribution in [2.45, 2.75) is 45.4 Å². The van der Waals surface area contributed by atoms with Gasteiger partial charge in [-0.15, -0.1) is 0 Å². The summed E-state index contributed by atoms with van der Waals surface area (Å²) in [5.41, 5.74) is 1.39. The van der Waals surface area contributed by atoms with Crippen LogP contribution in [0.5, 0.6) is 0 Å². The first-order valence-electron chi connectivity index (χ1n) is 6.98. The number of aryl methyl sites for hydroxylation is 2. The Labute approximate surface area is 122 Å². The van der Waals surface area contributed by atoms with Crippen molar-refractivity contribution >= 4 is 10.0 Å². The predicted octanol–water partition coefficient (Wildman–Crippen LogP) is 2.38. The van der Waals surface area contributed by atoms with E-state index in [4.69, 9.17) is 0 Å². The van der Waals surface area contributed by atoms with Crippen LogP contribution in [0.4, 0.5) is 0 Å². The number of rotatable bonds is 7. The summed E-state index contributed by atoms with van der Waals surface area (Å²) in [6.07, 6.45) is 1.46. The molecule has 1 aromatic rings. The van der Waals surface area contributed by atoms with Gasteiger partial charge >= 0.3 is 0 Å². The number of aliphatic hydroxyl groups is 1. The van der Waals surface area contributed by atoms with Crippen molar-refractivity contribution in [3.05, 3.63) is 29.3 Å². The Hall–Kier alpha value is -0.910. The average molecular weight is 299 g/mol. The Bertz CT molecular complexity index is 540. The van der Waals surface area contributed by atoms with Crippen LogP contribution in [0.3, 0.4) is 0 Å². The second kappa shape index (κ2) is 6.70. The van der Waals surface area contributed by atoms with Crippen LogP contribution >= 0.6 is 0 Å². The standard InChI is InChI=1S/C15H25NO3S/c1-5-15(6-2,11-17)10-16-20(18,19)14-8-7-12(3)9-13(14)4/h7-9,16-17H,5-6,10-11H2,1-4H3. The van der Waals surface area contributed by atoms with Gasteiger partial charge in [0.1, 0.15) is 0 Å². The third-order valence-corrected chi connectivity index (χ3v) is 5.65. The lowest BCUT2D eigenvalue weighted by Crippen LogP contribution is -2.39. The molecule has 2 N–H and O–H groups in total. The summed E-state index contributed by atoms with van der Waals surface area (Å²) in [7, 11) is -3.53. The van der Waals surface area contributed by atoms with Crippen LogP contribution in [0, 0.1) is 19.3 Å². The number of nitrogens with one attached hydrogen (secondary N) is 1. The summed E-state index contributed by atoms with van der Waals surface area (Å²) < 4.78 is 27.4. The smallest absolute Gasteiger partial charge is 0.240 e. The molecule has 1 aromatic carbocycles. The number of benzene rings is 1. The Morgan fingerprint density at radius 3 is 2.25 bits per heavy atom. The Kier molecular flexibility index (Phi) is 5.74. The largest absolute Gasteiger partial charge is 0.396 e. The molecule has 0 atom stereocenters. The van der Waals surface area contributed by atoms with Crippen molar-refractivity contribution < 1.29 is 13.5 Å². The fourth-order valence-corrected chi connectivity index (χ4v) is 3.59.